The Kier molecular flexibility index (Phi) is 4.75. The summed E-state index contributed by atoms with van der Waals surface area (Å²) in [5, 5.41) is 9.84. The number of phenolic OH excluding ortho intramolecular Hbond substituents is 1. The molecule has 0 radical (unpaired) electrons. The molecule has 0 unspecified atom stereocenters. The topological polar surface area (TPSA) is 103 Å². The van der Waals surface area contributed by atoms with Gasteiger partial charge in [0, 0.05) is 11.6 Å². The number of rotatable bonds is 5. The minimum atomic E-state index is -0.497. The number of carbonyl (C=O) groups is 1. The number of nitrogens with two attached hydrogens (primary N) is 1. The molecule has 0 spiro atoms. The second kappa shape index (κ2) is 7.52. The average Bonchev–Trinajstić information content (AvgIpc) is 2.73. The fourth-order valence-electron chi connectivity index (χ4n) is 3.02. The summed E-state index contributed by atoms with van der Waals surface area (Å²) in [5.41, 5.74) is 7.81. The van der Waals surface area contributed by atoms with Gasteiger partial charge in [-0.1, -0.05) is 24.3 Å². The highest BCUT2D eigenvalue weighted by Crippen LogP contribution is 2.24. The summed E-state index contributed by atoms with van der Waals surface area (Å²) in [6.07, 6.45) is 1.40. The molecule has 4 rings (SSSR count). The molecule has 6 heteroatoms. The molecular formula is C23H17NO5. The summed E-state index contributed by atoms with van der Waals surface area (Å²) < 4.78 is 11.4. The molecule has 144 valence electrons. The molecule has 0 fully saturated rings. The van der Waals surface area contributed by atoms with E-state index in [0.717, 1.165) is 5.56 Å². The Morgan fingerprint density at radius 3 is 2.59 bits per heavy atom. The van der Waals surface area contributed by atoms with Gasteiger partial charge in [-0.3, -0.25) is 9.59 Å². The number of fused-ring (bicyclic) bond motifs is 1. The molecule has 0 aliphatic carbocycles. The molecule has 3 N–H and O–H groups in total. The van der Waals surface area contributed by atoms with Gasteiger partial charge in [0.2, 0.25) is 5.91 Å². The Morgan fingerprint density at radius 1 is 1.03 bits per heavy atom. The fourth-order valence-corrected chi connectivity index (χ4v) is 3.02. The van der Waals surface area contributed by atoms with Crippen molar-refractivity contribution < 1.29 is 19.1 Å². The predicted octanol–water partition coefficient (Wildman–Crippen LogP) is 3.84. The average molecular weight is 387 g/mol. The second-order valence-corrected chi connectivity index (χ2v) is 6.54. The number of aromatic hydroxyl groups is 1. The molecule has 3 aromatic carbocycles. The van der Waals surface area contributed by atoms with Crippen LogP contribution in [0.3, 0.4) is 0 Å². The molecule has 0 aliphatic rings. The summed E-state index contributed by atoms with van der Waals surface area (Å²) in [4.78, 5) is 24.1. The molecule has 0 saturated heterocycles. The number of amides is 1. The van der Waals surface area contributed by atoms with E-state index in [1.807, 2.05) is 6.07 Å². The van der Waals surface area contributed by atoms with E-state index in [2.05, 4.69) is 0 Å². The number of phenols is 1. The molecule has 1 aromatic heterocycles. The molecule has 6 nitrogen and oxygen atoms in total. The lowest BCUT2D eigenvalue weighted by atomic mass is 10.1. The van der Waals surface area contributed by atoms with E-state index in [1.165, 1.54) is 18.4 Å². The lowest BCUT2D eigenvalue weighted by Gasteiger charge is -2.08. The van der Waals surface area contributed by atoms with E-state index in [9.17, 15) is 14.7 Å². The largest absolute Gasteiger partial charge is 0.508 e. The maximum atomic E-state index is 12.8. The Labute approximate surface area is 165 Å². The van der Waals surface area contributed by atoms with Gasteiger partial charge in [-0.15, -0.1) is 0 Å². The Hall–Kier alpha value is -4.06. The minimum Gasteiger partial charge on any atom is -0.508 e. The van der Waals surface area contributed by atoms with Crippen molar-refractivity contribution in [2.45, 2.75) is 6.61 Å². The van der Waals surface area contributed by atoms with Crippen molar-refractivity contribution in [3.63, 3.8) is 0 Å². The molecule has 0 bridgehead atoms. The van der Waals surface area contributed by atoms with Gasteiger partial charge in [0.05, 0.1) is 10.9 Å². The number of hydrogen-bond donors (Lipinski definition) is 2. The summed E-state index contributed by atoms with van der Waals surface area (Å²) in [7, 11) is 0. The van der Waals surface area contributed by atoms with Crippen molar-refractivity contribution in [2.75, 3.05) is 0 Å². The van der Waals surface area contributed by atoms with Crippen molar-refractivity contribution in [2.24, 2.45) is 5.73 Å². The maximum Gasteiger partial charge on any atom is 0.248 e. The molecule has 0 saturated carbocycles. The first-order valence-corrected chi connectivity index (χ1v) is 8.88. The lowest BCUT2D eigenvalue weighted by molar-refractivity contribution is 0.1000. The quantitative estimate of drug-likeness (QED) is 0.542. The van der Waals surface area contributed by atoms with Crippen LogP contribution in [-0.2, 0) is 6.61 Å². The van der Waals surface area contributed by atoms with Crippen LogP contribution in [0.4, 0.5) is 0 Å². The summed E-state index contributed by atoms with van der Waals surface area (Å²) >= 11 is 0. The van der Waals surface area contributed by atoms with Crippen LogP contribution in [0, 0.1) is 0 Å². The highest BCUT2D eigenvalue weighted by molar-refractivity contribution is 5.92. The van der Waals surface area contributed by atoms with Crippen LogP contribution in [0.5, 0.6) is 11.5 Å². The molecule has 1 amide bonds. The van der Waals surface area contributed by atoms with E-state index < -0.39 is 5.91 Å². The first-order chi connectivity index (χ1) is 14.0. The van der Waals surface area contributed by atoms with Gasteiger partial charge in [0.15, 0.2) is 5.43 Å². The third-order valence-electron chi connectivity index (χ3n) is 4.54. The van der Waals surface area contributed by atoms with Gasteiger partial charge in [0.25, 0.3) is 0 Å². The first kappa shape index (κ1) is 18.3. The van der Waals surface area contributed by atoms with Gasteiger partial charge >= 0.3 is 0 Å². The van der Waals surface area contributed by atoms with Crippen LogP contribution in [-0.4, -0.2) is 11.0 Å². The Morgan fingerprint density at radius 2 is 1.83 bits per heavy atom. The Balaban J connectivity index is 1.59. The summed E-state index contributed by atoms with van der Waals surface area (Å²) in [6.45, 7) is 0.239. The minimum absolute atomic E-state index is 0.127. The van der Waals surface area contributed by atoms with E-state index >= 15 is 0 Å². The zero-order chi connectivity index (χ0) is 20.4. The highest BCUT2D eigenvalue weighted by atomic mass is 16.5. The zero-order valence-electron chi connectivity index (χ0n) is 15.3. The van der Waals surface area contributed by atoms with Gasteiger partial charge in [0.1, 0.15) is 30.0 Å². The van der Waals surface area contributed by atoms with Crippen LogP contribution < -0.4 is 15.9 Å². The summed E-state index contributed by atoms with van der Waals surface area (Å²) in [6, 6.07) is 18.2. The van der Waals surface area contributed by atoms with Crippen LogP contribution in [0.2, 0.25) is 0 Å². The molecular weight excluding hydrogens is 370 g/mol. The van der Waals surface area contributed by atoms with Crippen LogP contribution in [0.25, 0.3) is 22.1 Å². The molecule has 1 heterocycles. The van der Waals surface area contributed by atoms with Gasteiger partial charge in [-0.05, 0) is 47.5 Å². The number of primary amides is 1. The van der Waals surface area contributed by atoms with Crippen molar-refractivity contribution in [3.8, 4) is 22.6 Å². The fraction of sp³-hybridized carbons (Fsp3) is 0.0435. The van der Waals surface area contributed by atoms with Crippen LogP contribution in [0.1, 0.15) is 15.9 Å². The maximum absolute atomic E-state index is 12.8. The van der Waals surface area contributed by atoms with E-state index in [0.29, 0.717) is 33.4 Å². The second-order valence-electron chi connectivity index (χ2n) is 6.54. The lowest BCUT2D eigenvalue weighted by Crippen LogP contribution is -2.11. The zero-order valence-corrected chi connectivity index (χ0v) is 15.3. The smallest absolute Gasteiger partial charge is 0.248 e. The van der Waals surface area contributed by atoms with E-state index in [-0.39, 0.29) is 17.8 Å². The third-order valence-corrected chi connectivity index (χ3v) is 4.54. The van der Waals surface area contributed by atoms with Gasteiger partial charge in [-0.2, -0.15) is 0 Å². The molecule has 0 aliphatic heterocycles. The number of benzene rings is 3. The standard InChI is InChI=1S/C23H17NO5/c24-23(27)16-3-1-2-14(10-16)12-28-18-8-9-19-21(11-18)29-13-20(22(19)26)15-4-6-17(25)7-5-15/h1-11,13,25H,12H2,(H2,24,27). The van der Waals surface area contributed by atoms with Crippen molar-refractivity contribution in [1.82, 2.24) is 0 Å². The Bertz CT molecular complexity index is 1260. The molecule has 0 atom stereocenters. The van der Waals surface area contributed by atoms with Crippen LogP contribution in [0.15, 0.2) is 82.2 Å². The predicted molar refractivity (Wildman–Crippen MR) is 109 cm³/mol. The monoisotopic (exact) mass is 387 g/mol. The van der Waals surface area contributed by atoms with Crippen molar-refractivity contribution in [1.29, 1.82) is 0 Å². The third kappa shape index (κ3) is 3.82. The van der Waals surface area contributed by atoms with Gasteiger partial charge < -0.3 is 20.0 Å². The van der Waals surface area contributed by atoms with Crippen LogP contribution >= 0.6 is 0 Å². The first-order valence-electron chi connectivity index (χ1n) is 8.88. The van der Waals surface area contributed by atoms with E-state index in [1.54, 1.807) is 48.5 Å². The van der Waals surface area contributed by atoms with Crippen molar-refractivity contribution in [3.05, 3.63) is 94.3 Å². The number of ether oxygens (including phenoxy) is 1. The summed E-state index contributed by atoms with van der Waals surface area (Å²) in [5.74, 6) is 0.161. The SMILES string of the molecule is NC(=O)c1cccc(COc2ccc3c(=O)c(-c4ccc(O)cc4)coc3c2)c1. The van der Waals surface area contributed by atoms with Gasteiger partial charge in [-0.25, -0.2) is 0 Å². The normalized spacial score (nSPS) is 10.8. The highest BCUT2D eigenvalue weighted by Gasteiger charge is 2.10. The van der Waals surface area contributed by atoms with E-state index in [4.69, 9.17) is 14.9 Å². The molecule has 29 heavy (non-hydrogen) atoms. The van der Waals surface area contributed by atoms with Crippen molar-refractivity contribution >= 4 is 16.9 Å². The molecule has 4 aromatic rings. The number of carbonyl (C=O) groups excluding carboxylic acids is 1. The number of hydrogen-bond acceptors (Lipinski definition) is 5.